The Bertz CT molecular complexity index is 332. The minimum Gasteiger partial charge on any atom is -0.260 e. The first-order valence-electron chi connectivity index (χ1n) is 3.57. The summed E-state index contributed by atoms with van der Waals surface area (Å²) in [5.41, 5.74) is 0.915. The SMILES string of the molecule is CC(C)c1nc2[nH]ncc2s1. The van der Waals surface area contributed by atoms with Crippen LogP contribution in [0.25, 0.3) is 10.3 Å². The van der Waals surface area contributed by atoms with Crippen LogP contribution in [0.3, 0.4) is 0 Å². The molecule has 0 atom stereocenters. The fourth-order valence-corrected chi connectivity index (χ4v) is 1.81. The molecular weight excluding hydrogens is 158 g/mol. The number of rotatable bonds is 1. The molecule has 2 rings (SSSR count). The molecule has 2 aromatic rings. The van der Waals surface area contributed by atoms with E-state index < -0.39 is 0 Å². The second kappa shape index (κ2) is 2.30. The van der Waals surface area contributed by atoms with Crippen molar-refractivity contribution in [2.45, 2.75) is 19.8 Å². The molecule has 2 aromatic heterocycles. The Balaban J connectivity index is 2.58. The number of H-pyrrole nitrogens is 1. The van der Waals surface area contributed by atoms with E-state index in [2.05, 4.69) is 29.0 Å². The van der Waals surface area contributed by atoms with Crippen LogP contribution in [0, 0.1) is 0 Å². The van der Waals surface area contributed by atoms with Crippen LogP contribution in [-0.2, 0) is 0 Å². The lowest BCUT2D eigenvalue weighted by Gasteiger charge is -1.94. The predicted molar refractivity (Wildman–Crippen MR) is 45.9 cm³/mol. The highest BCUT2D eigenvalue weighted by atomic mass is 32.1. The van der Waals surface area contributed by atoms with Gasteiger partial charge in [0.25, 0.3) is 0 Å². The molecule has 0 aliphatic rings. The summed E-state index contributed by atoms with van der Waals surface area (Å²) in [7, 11) is 0. The van der Waals surface area contributed by atoms with Crippen molar-refractivity contribution in [2.75, 3.05) is 0 Å². The van der Waals surface area contributed by atoms with Gasteiger partial charge in [-0.3, -0.25) is 5.10 Å². The molecule has 0 aromatic carbocycles. The van der Waals surface area contributed by atoms with Gasteiger partial charge in [0.15, 0.2) is 5.65 Å². The van der Waals surface area contributed by atoms with E-state index in [0.29, 0.717) is 5.92 Å². The minimum absolute atomic E-state index is 0.515. The van der Waals surface area contributed by atoms with E-state index in [1.165, 1.54) is 5.01 Å². The normalized spacial score (nSPS) is 11.5. The van der Waals surface area contributed by atoms with Gasteiger partial charge >= 0.3 is 0 Å². The van der Waals surface area contributed by atoms with Crippen LogP contribution < -0.4 is 0 Å². The number of nitrogens with one attached hydrogen (secondary N) is 1. The minimum atomic E-state index is 0.515. The highest BCUT2D eigenvalue weighted by Gasteiger charge is 2.07. The van der Waals surface area contributed by atoms with Crippen molar-refractivity contribution in [3.63, 3.8) is 0 Å². The Kier molecular flexibility index (Phi) is 1.42. The average Bonchev–Trinajstić information content (AvgIpc) is 2.40. The van der Waals surface area contributed by atoms with Gasteiger partial charge < -0.3 is 0 Å². The van der Waals surface area contributed by atoms with Crippen LogP contribution in [0.2, 0.25) is 0 Å². The molecule has 4 heteroatoms. The lowest BCUT2D eigenvalue weighted by molar-refractivity contribution is 0.853. The second-order valence-corrected chi connectivity index (χ2v) is 3.85. The van der Waals surface area contributed by atoms with E-state index in [1.54, 1.807) is 11.3 Å². The third kappa shape index (κ3) is 1.03. The standard InChI is InChI=1S/C7H9N3S/c1-4(2)7-9-6-5(11-7)3-8-10-6/h3-4H,1-2H3,(H,8,10). The van der Waals surface area contributed by atoms with Gasteiger partial charge in [0, 0.05) is 5.92 Å². The van der Waals surface area contributed by atoms with Crippen molar-refractivity contribution in [1.82, 2.24) is 15.2 Å². The van der Waals surface area contributed by atoms with Crippen LogP contribution in [-0.4, -0.2) is 15.2 Å². The predicted octanol–water partition coefficient (Wildman–Crippen LogP) is 2.14. The van der Waals surface area contributed by atoms with E-state index in [1.807, 2.05) is 6.20 Å². The van der Waals surface area contributed by atoms with E-state index in [9.17, 15) is 0 Å². The molecule has 0 radical (unpaired) electrons. The lowest BCUT2D eigenvalue weighted by atomic mass is 10.2. The molecule has 0 unspecified atom stereocenters. The third-order valence-electron chi connectivity index (χ3n) is 1.52. The zero-order valence-electron chi connectivity index (χ0n) is 6.46. The molecule has 0 bridgehead atoms. The zero-order chi connectivity index (χ0) is 7.84. The topological polar surface area (TPSA) is 41.6 Å². The summed E-state index contributed by atoms with van der Waals surface area (Å²) >= 11 is 1.71. The van der Waals surface area contributed by atoms with E-state index in [4.69, 9.17) is 0 Å². The highest BCUT2D eigenvalue weighted by Crippen LogP contribution is 2.25. The molecule has 2 heterocycles. The summed E-state index contributed by atoms with van der Waals surface area (Å²) in [6, 6.07) is 0. The van der Waals surface area contributed by atoms with Gasteiger partial charge in [0.2, 0.25) is 0 Å². The number of aromatic amines is 1. The molecule has 0 saturated heterocycles. The maximum absolute atomic E-state index is 4.37. The molecule has 3 nitrogen and oxygen atoms in total. The summed E-state index contributed by atoms with van der Waals surface area (Å²) in [5, 5.41) is 7.90. The number of nitrogens with zero attached hydrogens (tertiary/aromatic N) is 2. The highest BCUT2D eigenvalue weighted by molar-refractivity contribution is 7.18. The van der Waals surface area contributed by atoms with Crippen molar-refractivity contribution in [3.05, 3.63) is 11.2 Å². The number of fused-ring (bicyclic) bond motifs is 1. The fourth-order valence-electron chi connectivity index (χ4n) is 0.916. The molecule has 0 aliphatic heterocycles. The molecule has 1 N–H and O–H groups in total. The van der Waals surface area contributed by atoms with Gasteiger partial charge in [-0.15, -0.1) is 11.3 Å². The first-order chi connectivity index (χ1) is 5.27. The summed E-state index contributed by atoms with van der Waals surface area (Å²) < 4.78 is 1.15. The summed E-state index contributed by atoms with van der Waals surface area (Å²) in [5.74, 6) is 0.515. The van der Waals surface area contributed by atoms with Gasteiger partial charge in [-0.05, 0) is 0 Å². The Labute approximate surface area is 68.5 Å². The number of thiazole rings is 1. The Morgan fingerprint density at radius 3 is 3.00 bits per heavy atom. The third-order valence-corrected chi connectivity index (χ3v) is 2.81. The van der Waals surface area contributed by atoms with Crippen LogP contribution in [0.1, 0.15) is 24.8 Å². The van der Waals surface area contributed by atoms with E-state index >= 15 is 0 Å². The van der Waals surface area contributed by atoms with Crippen LogP contribution in [0.4, 0.5) is 0 Å². The van der Waals surface area contributed by atoms with Gasteiger partial charge in [-0.2, -0.15) is 5.10 Å². The van der Waals surface area contributed by atoms with Gasteiger partial charge in [0.05, 0.1) is 15.9 Å². The summed E-state index contributed by atoms with van der Waals surface area (Å²) in [6.07, 6.45) is 1.82. The van der Waals surface area contributed by atoms with Crippen LogP contribution in [0.15, 0.2) is 6.20 Å². The van der Waals surface area contributed by atoms with E-state index in [0.717, 1.165) is 10.3 Å². The number of hydrogen-bond donors (Lipinski definition) is 1. The van der Waals surface area contributed by atoms with E-state index in [-0.39, 0.29) is 0 Å². The Morgan fingerprint density at radius 1 is 1.55 bits per heavy atom. The monoisotopic (exact) mass is 167 g/mol. The Morgan fingerprint density at radius 2 is 2.36 bits per heavy atom. The summed E-state index contributed by atoms with van der Waals surface area (Å²) in [6.45, 7) is 4.29. The smallest absolute Gasteiger partial charge is 0.166 e. The van der Waals surface area contributed by atoms with Gasteiger partial charge in [-0.1, -0.05) is 13.8 Å². The maximum Gasteiger partial charge on any atom is 0.166 e. The van der Waals surface area contributed by atoms with Gasteiger partial charge in [0.1, 0.15) is 0 Å². The molecule has 11 heavy (non-hydrogen) atoms. The van der Waals surface area contributed by atoms with Crippen molar-refractivity contribution in [3.8, 4) is 0 Å². The molecule has 58 valence electrons. The molecular formula is C7H9N3S. The average molecular weight is 167 g/mol. The van der Waals surface area contributed by atoms with Crippen molar-refractivity contribution < 1.29 is 0 Å². The summed E-state index contributed by atoms with van der Waals surface area (Å²) in [4.78, 5) is 4.37. The zero-order valence-corrected chi connectivity index (χ0v) is 7.27. The Hall–Kier alpha value is -0.900. The van der Waals surface area contributed by atoms with Gasteiger partial charge in [-0.25, -0.2) is 4.98 Å². The van der Waals surface area contributed by atoms with Crippen molar-refractivity contribution in [1.29, 1.82) is 0 Å². The first-order valence-corrected chi connectivity index (χ1v) is 4.39. The molecule has 0 saturated carbocycles. The lowest BCUT2D eigenvalue weighted by Crippen LogP contribution is -1.83. The molecule has 0 fully saturated rings. The quantitative estimate of drug-likeness (QED) is 0.707. The van der Waals surface area contributed by atoms with Crippen molar-refractivity contribution in [2.24, 2.45) is 0 Å². The molecule has 0 amide bonds. The van der Waals surface area contributed by atoms with Crippen LogP contribution >= 0.6 is 11.3 Å². The fraction of sp³-hybridized carbons (Fsp3) is 0.429. The first kappa shape index (κ1) is 6.79. The van der Waals surface area contributed by atoms with Crippen molar-refractivity contribution >= 4 is 21.7 Å². The number of hydrogen-bond acceptors (Lipinski definition) is 3. The maximum atomic E-state index is 4.37. The molecule has 0 spiro atoms. The van der Waals surface area contributed by atoms with Crippen LogP contribution in [0.5, 0.6) is 0 Å². The number of aromatic nitrogens is 3. The largest absolute Gasteiger partial charge is 0.260 e. The second-order valence-electron chi connectivity index (χ2n) is 2.79. The molecule has 0 aliphatic carbocycles.